The Kier molecular flexibility index (Phi) is 6.09. The van der Waals surface area contributed by atoms with Crippen LogP contribution in [0.1, 0.15) is 67.0 Å². The summed E-state index contributed by atoms with van der Waals surface area (Å²) < 4.78 is 5.19. The maximum Gasteiger partial charge on any atom is 0.253 e. The Morgan fingerprint density at radius 1 is 1.13 bits per heavy atom. The SMILES string of the molecule is Cc1nc(C2(NC(=O)C3CCN(C(=O)c4ccc(Cl)cc4)CC3)CCCCC2)no1. The molecule has 1 saturated heterocycles. The van der Waals surface area contributed by atoms with Gasteiger partial charge >= 0.3 is 0 Å². The molecule has 1 aliphatic heterocycles. The minimum atomic E-state index is -0.538. The van der Waals surface area contributed by atoms with Crippen LogP contribution in [0, 0.1) is 12.8 Å². The third-order valence-corrected chi connectivity index (χ3v) is 6.52. The van der Waals surface area contributed by atoms with Gasteiger partial charge in [-0.05, 0) is 49.9 Å². The molecule has 1 saturated carbocycles. The second-order valence-corrected chi connectivity index (χ2v) is 8.78. The summed E-state index contributed by atoms with van der Waals surface area (Å²) in [6.07, 6.45) is 6.15. The van der Waals surface area contributed by atoms with Crippen molar-refractivity contribution in [3.63, 3.8) is 0 Å². The molecule has 0 radical (unpaired) electrons. The highest BCUT2D eigenvalue weighted by molar-refractivity contribution is 6.30. The molecule has 1 aliphatic carbocycles. The number of carbonyl (C=O) groups excluding carboxylic acids is 2. The van der Waals surface area contributed by atoms with Crippen LogP contribution in [0.15, 0.2) is 28.8 Å². The van der Waals surface area contributed by atoms with E-state index in [0.29, 0.717) is 48.2 Å². The Morgan fingerprint density at radius 3 is 2.40 bits per heavy atom. The van der Waals surface area contributed by atoms with E-state index >= 15 is 0 Å². The average Bonchev–Trinajstić information content (AvgIpc) is 3.22. The van der Waals surface area contributed by atoms with Gasteiger partial charge < -0.3 is 14.7 Å². The van der Waals surface area contributed by atoms with E-state index in [2.05, 4.69) is 15.5 Å². The molecule has 1 N–H and O–H groups in total. The lowest BCUT2D eigenvalue weighted by atomic mass is 9.80. The van der Waals surface area contributed by atoms with E-state index in [0.717, 1.165) is 32.1 Å². The van der Waals surface area contributed by atoms with Crippen LogP contribution in [-0.4, -0.2) is 39.9 Å². The van der Waals surface area contributed by atoms with Gasteiger partial charge in [-0.15, -0.1) is 0 Å². The van der Waals surface area contributed by atoms with Gasteiger partial charge in [0.1, 0.15) is 5.54 Å². The van der Waals surface area contributed by atoms with Crippen molar-refractivity contribution in [3.8, 4) is 0 Å². The number of carbonyl (C=O) groups is 2. The molecule has 2 aliphatic rings. The summed E-state index contributed by atoms with van der Waals surface area (Å²) in [5.74, 6) is 0.988. The summed E-state index contributed by atoms with van der Waals surface area (Å²) in [4.78, 5) is 32.1. The van der Waals surface area contributed by atoms with Crippen LogP contribution in [0.3, 0.4) is 0 Å². The number of likely N-dealkylation sites (tertiary alicyclic amines) is 1. The standard InChI is InChI=1S/C22H27ClN4O3/c1-15-24-21(26-30-15)22(11-3-2-4-12-22)25-19(28)16-9-13-27(14-10-16)20(29)17-5-7-18(23)8-6-17/h5-8,16H,2-4,9-14H2,1H3,(H,25,28). The van der Waals surface area contributed by atoms with Gasteiger partial charge in [-0.1, -0.05) is 36.0 Å². The number of hydrogen-bond donors (Lipinski definition) is 1. The van der Waals surface area contributed by atoms with E-state index in [-0.39, 0.29) is 17.7 Å². The van der Waals surface area contributed by atoms with Gasteiger partial charge in [-0.2, -0.15) is 4.98 Å². The number of rotatable bonds is 4. The minimum absolute atomic E-state index is 0.0171. The number of piperidine rings is 1. The normalized spacial score (nSPS) is 19.5. The van der Waals surface area contributed by atoms with Crippen molar-refractivity contribution in [1.82, 2.24) is 20.4 Å². The Morgan fingerprint density at radius 2 is 1.80 bits per heavy atom. The number of aromatic nitrogens is 2. The smallest absolute Gasteiger partial charge is 0.253 e. The second kappa shape index (κ2) is 8.76. The summed E-state index contributed by atoms with van der Waals surface area (Å²) in [7, 11) is 0. The lowest BCUT2D eigenvalue weighted by Crippen LogP contribution is -2.51. The van der Waals surface area contributed by atoms with Crippen molar-refractivity contribution in [2.24, 2.45) is 5.92 Å². The predicted octanol–water partition coefficient (Wildman–Crippen LogP) is 3.86. The fourth-order valence-corrected chi connectivity index (χ4v) is 4.64. The van der Waals surface area contributed by atoms with E-state index in [1.165, 1.54) is 0 Å². The molecule has 4 rings (SSSR count). The lowest BCUT2D eigenvalue weighted by Gasteiger charge is -2.38. The monoisotopic (exact) mass is 430 g/mol. The first-order valence-electron chi connectivity index (χ1n) is 10.6. The first-order valence-corrected chi connectivity index (χ1v) is 11.0. The molecule has 2 amide bonds. The Hall–Kier alpha value is -2.41. The predicted molar refractivity (Wildman–Crippen MR) is 112 cm³/mol. The molecule has 160 valence electrons. The molecule has 0 unspecified atom stereocenters. The lowest BCUT2D eigenvalue weighted by molar-refractivity contribution is -0.129. The van der Waals surface area contributed by atoms with Crippen LogP contribution in [0.4, 0.5) is 0 Å². The van der Waals surface area contributed by atoms with E-state index in [1.807, 2.05) is 4.90 Å². The van der Waals surface area contributed by atoms with Crippen LogP contribution in [0.25, 0.3) is 0 Å². The van der Waals surface area contributed by atoms with E-state index in [9.17, 15) is 9.59 Å². The minimum Gasteiger partial charge on any atom is -0.343 e. The molecule has 7 nitrogen and oxygen atoms in total. The first-order chi connectivity index (χ1) is 14.5. The number of benzene rings is 1. The summed E-state index contributed by atoms with van der Waals surface area (Å²) in [6.45, 7) is 2.89. The van der Waals surface area contributed by atoms with E-state index in [1.54, 1.807) is 31.2 Å². The highest BCUT2D eigenvalue weighted by Gasteiger charge is 2.41. The van der Waals surface area contributed by atoms with Crippen LogP contribution < -0.4 is 5.32 Å². The number of hydrogen-bond acceptors (Lipinski definition) is 5. The molecule has 0 spiro atoms. The van der Waals surface area contributed by atoms with Crippen molar-refractivity contribution in [2.45, 2.75) is 57.4 Å². The molecule has 2 fully saturated rings. The van der Waals surface area contributed by atoms with Gasteiger partial charge in [-0.3, -0.25) is 9.59 Å². The summed E-state index contributed by atoms with van der Waals surface area (Å²) in [5.41, 5.74) is 0.0829. The van der Waals surface area contributed by atoms with Gasteiger partial charge in [0.15, 0.2) is 5.82 Å². The number of nitrogens with zero attached hydrogens (tertiary/aromatic N) is 3. The van der Waals surface area contributed by atoms with Gasteiger partial charge in [-0.25, -0.2) is 0 Å². The van der Waals surface area contributed by atoms with Crippen LogP contribution in [0.5, 0.6) is 0 Å². The van der Waals surface area contributed by atoms with Crippen molar-refractivity contribution >= 4 is 23.4 Å². The Bertz CT molecular complexity index is 897. The van der Waals surface area contributed by atoms with E-state index in [4.69, 9.17) is 16.1 Å². The van der Waals surface area contributed by atoms with Crippen LogP contribution in [-0.2, 0) is 10.3 Å². The molecule has 0 bridgehead atoms. The van der Waals surface area contributed by atoms with Gasteiger partial charge in [0.25, 0.3) is 5.91 Å². The first kappa shape index (κ1) is 20.8. The molecular weight excluding hydrogens is 404 g/mol. The zero-order chi connectivity index (χ0) is 21.1. The zero-order valence-electron chi connectivity index (χ0n) is 17.2. The Labute approximate surface area is 181 Å². The quantitative estimate of drug-likeness (QED) is 0.795. The second-order valence-electron chi connectivity index (χ2n) is 8.34. The molecule has 1 aromatic carbocycles. The topological polar surface area (TPSA) is 88.3 Å². The number of aryl methyl sites for hydroxylation is 1. The third kappa shape index (κ3) is 4.36. The van der Waals surface area contributed by atoms with Crippen LogP contribution in [0.2, 0.25) is 5.02 Å². The molecule has 2 heterocycles. The molecule has 0 atom stereocenters. The summed E-state index contributed by atoms with van der Waals surface area (Å²) in [6, 6.07) is 6.92. The molecule has 2 aromatic rings. The molecule has 1 aromatic heterocycles. The largest absolute Gasteiger partial charge is 0.343 e. The van der Waals surface area contributed by atoms with Crippen LogP contribution >= 0.6 is 11.6 Å². The number of halogens is 1. The van der Waals surface area contributed by atoms with Crippen molar-refractivity contribution in [3.05, 3.63) is 46.6 Å². The highest BCUT2D eigenvalue weighted by Crippen LogP contribution is 2.36. The average molecular weight is 431 g/mol. The van der Waals surface area contributed by atoms with Crippen molar-refractivity contribution < 1.29 is 14.1 Å². The number of nitrogens with one attached hydrogen (secondary N) is 1. The fraction of sp³-hybridized carbons (Fsp3) is 0.545. The van der Waals surface area contributed by atoms with Crippen molar-refractivity contribution in [1.29, 1.82) is 0 Å². The third-order valence-electron chi connectivity index (χ3n) is 6.27. The molecule has 8 heteroatoms. The van der Waals surface area contributed by atoms with Gasteiger partial charge in [0.05, 0.1) is 0 Å². The van der Waals surface area contributed by atoms with Crippen molar-refractivity contribution in [2.75, 3.05) is 13.1 Å². The van der Waals surface area contributed by atoms with Gasteiger partial charge in [0, 0.05) is 36.5 Å². The highest BCUT2D eigenvalue weighted by atomic mass is 35.5. The summed E-state index contributed by atoms with van der Waals surface area (Å²) in [5, 5.41) is 8.00. The van der Waals surface area contributed by atoms with Gasteiger partial charge in [0.2, 0.25) is 11.8 Å². The summed E-state index contributed by atoms with van der Waals surface area (Å²) >= 11 is 5.91. The number of amides is 2. The molecular formula is C22H27ClN4O3. The zero-order valence-corrected chi connectivity index (χ0v) is 18.0. The fourth-order valence-electron chi connectivity index (χ4n) is 4.51. The van der Waals surface area contributed by atoms with E-state index < -0.39 is 5.54 Å². The maximum absolute atomic E-state index is 13.1. The Balaban J connectivity index is 1.38. The molecule has 30 heavy (non-hydrogen) atoms. The maximum atomic E-state index is 13.1.